The Morgan fingerprint density at radius 1 is 0.955 bits per heavy atom. The number of carbonyl (C=O) groups excluding carboxylic acids is 3. The average Bonchev–Trinajstić information content (AvgIpc) is 3.51. The fraction of sp³-hybridized carbons (Fsp3) is 0.371. The maximum absolute atomic E-state index is 14.1. The molecule has 2 fully saturated rings. The van der Waals surface area contributed by atoms with Crippen LogP contribution in [0.3, 0.4) is 0 Å². The number of aryl methyl sites for hydroxylation is 2. The third kappa shape index (κ3) is 5.78. The lowest BCUT2D eigenvalue weighted by molar-refractivity contribution is -0.135. The minimum absolute atomic E-state index is 0.0347. The number of amides is 4. The summed E-state index contributed by atoms with van der Waals surface area (Å²) in [7, 11) is 1.95. The van der Waals surface area contributed by atoms with Gasteiger partial charge in [0.25, 0.3) is 5.91 Å². The first-order chi connectivity index (χ1) is 21.2. The van der Waals surface area contributed by atoms with E-state index in [1.165, 1.54) is 9.80 Å². The van der Waals surface area contributed by atoms with E-state index in [2.05, 4.69) is 6.07 Å². The van der Waals surface area contributed by atoms with Gasteiger partial charge in [-0.1, -0.05) is 38.1 Å². The molecule has 0 aliphatic carbocycles. The number of imide groups is 1. The van der Waals surface area contributed by atoms with Crippen LogP contribution in [0.1, 0.15) is 50.5 Å². The molecule has 0 unspecified atom stereocenters. The van der Waals surface area contributed by atoms with Gasteiger partial charge in [0.2, 0.25) is 5.91 Å². The molecule has 4 aromatic rings. The first-order valence-corrected chi connectivity index (χ1v) is 15.4. The highest BCUT2D eigenvalue weighted by Crippen LogP contribution is 2.37. The topological polar surface area (TPSA) is 88.0 Å². The first-order valence-electron chi connectivity index (χ1n) is 15.4. The summed E-state index contributed by atoms with van der Waals surface area (Å²) in [5, 5.41) is 0. The van der Waals surface area contributed by atoms with E-state index >= 15 is 0 Å². The van der Waals surface area contributed by atoms with Crippen molar-refractivity contribution < 1.29 is 19.1 Å². The summed E-state index contributed by atoms with van der Waals surface area (Å²) in [6.07, 6.45) is 2.23. The Bertz CT molecular complexity index is 1670. The molecule has 228 valence electrons. The summed E-state index contributed by atoms with van der Waals surface area (Å²) in [6, 6.07) is 21.9. The van der Waals surface area contributed by atoms with Crippen molar-refractivity contribution in [3.63, 3.8) is 0 Å². The van der Waals surface area contributed by atoms with E-state index in [0.717, 1.165) is 35.2 Å². The van der Waals surface area contributed by atoms with Crippen LogP contribution in [-0.4, -0.2) is 56.8 Å². The molecule has 0 saturated carbocycles. The molecule has 2 saturated heterocycles. The zero-order valence-corrected chi connectivity index (χ0v) is 25.8. The van der Waals surface area contributed by atoms with Crippen molar-refractivity contribution in [3.8, 4) is 11.5 Å². The third-order valence-corrected chi connectivity index (χ3v) is 8.78. The number of nitrogens with zero attached hydrogens (tertiary/aromatic N) is 5. The molecule has 0 radical (unpaired) electrons. The van der Waals surface area contributed by atoms with Crippen molar-refractivity contribution in [2.45, 2.75) is 46.1 Å². The van der Waals surface area contributed by atoms with Crippen LogP contribution in [0.5, 0.6) is 11.5 Å². The quantitative estimate of drug-likeness (QED) is 0.219. The Balaban J connectivity index is 1.27. The Hall–Kier alpha value is -4.66. The number of benzene rings is 3. The number of urea groups is 1. The summed E-state index contributed by atoms with van der Waals surface area (Å²) in [6.45, 7) is 7.22. The van der Waals surface area contributed by atoms with Crippen molar-refractivity contribution in [1.29, 1.82) is 0 Å². The van der Waals surface area contributed by atoms with Crippen LogP contribution < -0.4 is 9.64 Å². The van der Waals surface area contributed by atoms with Crippen LogP contribution in [-0.2, 0) is 16.6 Å². The van der Waals surface area contributed by atoms with Crippen LogP contribution in [0, 0.1) is 18.8 Å². The molecule has 9 nitrogen and oxygen atoms in total. The number of aromatic nitrogens is 2. The highest BCUT2D eigenvalue weighted by molar-refractivity contribution is 6.12. The monoisotopic (exact) mass is 593 g/mol. The van der Waals surface area contributed by atoms with E-state index in [1.807, 2.05) is 79.8 Å². The molecule has 2 aliphatic heterocycles. The van der Waals surface area contributed by atoms with E-state index in [4.69, 9.17) is 9.72 Å². The van der Waals surface area contributed by atoms with Gasteiger partial charge in [-0.2, -0.15) is 0 Å². The Morgan fingerprint density at radius 2 is 1.64 bits per heavy atom. The lowest BCUT2D eigenvalue weighted by atomic mass is 9.89. The van der Waals surface area contributed by atoms with Crippen molar-refractivity contribution in [3.05, 3.63) is 84.2 Å². The number of carbonyl (C=O) groups is 3. The number of likely N-dealkylation sites (tertiary alicyclic amines) is 1. The number of ether oxygens (including phenoxy) is 1. The summed E-state index contributed by atoms with van der Waals surface area (Å²) >= 11 is 0. The van der Waals surface area contributed by atoms with Crippen LogP contribution >= 0.6 is 0 Å². The molecule has 2 aliphatic rings. The van der Waals surface area contributed by atoms with Gasteiger partial charge in [-0.3, -0.25) is 19.4 Å². The molecule has 3 heterocycles. The maximum Gasteiger partial charge on any atom is 0.332 e. The van der Waals surface area contributed by atoms with E-state index in [1.54, 1.807) is 24.3 Å². The fourth-order valence-electron chi connectivity index (χ4n) is 6.36. The molecule has 0 bridgehead atoms. The second-order valence-corrected chi connectivity index (χ2v) is 12.2. The molecule has 9 heteroatoms. The predicted octanol–water partition coefficient (Wildman–Crippen LogP) is 6.47. The summed E-state index contributed by atoms with van der Waals surface area (Å²) < 4.78 is 7.93. The Labute approximate surface area is 258 Å². The molecule has 4 amide bonds. The van der Waals surface area contributed by atoms with Gasteiger partial charge in [0.15, 0.2) is 0 Å². The summed E-state index contributed by atoms with van der Waals surface area (Å²) in [4.78, 5) is 50.2. The van der Waals surface area contributed by atoms with Crippen LogP contribution in [0.15, 0.2) is 72.8 Å². The fourth-order valence-corrected chi connectivity index (χ4v) is 6.36. The minimum atomic E-state index is -0.532. The average molecular weight is 594 g/mol. The second kappa shape index (κ2) is 12.1. The number of fused-ring (bicyclic) bond motifs is 1. The van der Waals surface area contributed by atoms with Gasteiger partial charge in [0, 0.05) is 31.7 Å². The van der Waals surface area contributed by atoms with Gasteiger partial charge in [0.05, 0.1) is 17.1 Å². The van der Waals surface area contributed by atoms with Crippen LogP contribution in [0.25, 0.3) is 11.0 Å². The smallest absolute Gasteiger partial charge is 0.332 e. The molecule has 0 N–H and O–H groups in total. The highest BCUT2D eigenvalue weighted by atomic mass is 16.5. The zero-order valence-electron chi connectivity index (χ0n) is 25.8. The highest BCUT2D eigenvalue weighted by Gasteiger charge is 2.44. The minimum Gasteiger partial charge on any atom is -0.457 e. The first kappa shape index (κ1) is 29.4. The zero-order chi connectivity index (χ0) is 31.0. The van der Waals surface area contributed by atoms with Crippen molar-refractivity contribution >= 4 is 34.6 Å². The Kier molecular flexibility index (Phi) is 8.12. The van der Waals surface area contributed by atoms with Gasteiger partial charge in [-0.25, -0.2) is 9.78 Å². The third-order valence-electron chi connectivity index (χ3n) is 8.78. The van der Waals surface area contributed by atoms with Crippen molar-refractivity contribution in [1.82, 2.24) is 19.4 Å². The number of imidazole rings is 1. The lowest BCUT2D eigenvalue weighted by Crippen LogP contribution is -2.42. The standard InChI is InChI=1S/C35H39N5O4/c1-23(2)34(42)38-18-16-25(17-19-38)21-31(33-36-29-15-10-24(3)20-30(29)37(33)4)40-32(41)22-39(35(40)43)26-11-13-28(14-12-26)44-27-8-6-5-7-9-27/h5-15,20,23,25,31H,16-19,21-22H2,1-4H3/t31-/m0/s1. The van der Waals surface area contributed by atoms with Gasteiger partial charge >= 0.3 is 6.03 Å². The van der Waals surface area contributed by atoms with Crippen molar-refractivity contribution in [2.24, 2.45) is 18.9 Å². The second-order valence-electron chi connectivity index (χ2n) is 12.2. The molecule has 0 spiro atoms. The predicted molar refractivity (Wildman–Crippen MR) is 169 cm³/mol. The number of anilines is 1. The van der Waals surface area contributed by atoms with Gasteiger partial charge in [0.1, 0.15) is 23.9 Å². The molecule has 1 atom stereocenters. The summed E-state index contributed by atoms with van der Waals surface area (Å²) in [5.41, 5.74) is 3.55. The van der Waals surface area contributed by atoms with Gasteiger partial charge < -0.3 is 14.2 Å². The molecular formula is C35H39N5O4. The number of rotatable bonds is 8. The molecule has 44 heavy (non-hydrogen) atoms. The van der Waals surface area contributed by atoms with Gasteiger partial charge in [-0.15, -0.1) is 0 Å². The van der Waals surface area contributed by atoms with E-state index in [-0.39, 0.29) is 36.2 Å². The molecular weight excluding hydrogens is 554 g/mol. The van der Waals surface area contributed by atoms with E-state index in [0.29, 0.717) is 36.8 Å². The largest absolute Gasteiger partial charge is 0.457 e. The van der Waals surface area contributed by atoms with E-state index < -0.39 is 6.04 Å². The van der Waals surface area contributed by atoms with Crippen LogP contribution in [0.2, 0.25) is 0 Å². The lowest BCUT2D eigenvalue weighted by Gasteiger charge is -2.36. The summed E-state index contributed by atoms with van der Waals surface area (Å²) in [5.74, 6) is 2.19. The molecule has 6 rings (SSSR count). The van der Waals surface area contributed by atoms with Crippen molar-refractivity contribution in [2.75, 3.05) is 24.5 Å². The molecule has 3 aromatic carbocycles. The Morgan fingerprint density at radius 3 is 2.32 bits per heavy atom. The van der Waals surface area contributed by atoms with Gasteiger partial charge in [-0.05, 0) is 86.2 Å². The molecule has 1 aromatic heterocycles. The maximum atomic E-state index is 14.1. The number of piperidine rings is 1. The van der Waals surface area contributed by atoms with E-state index in [9.17, 15) is 14.4 Å². The SMILES string of the molecule is Cc1ccc2nc([C@H](CC3CCN(C(=O)C(C)C)CC3)N3C(=O)CN(c4ccc(Oc5ccccc5)cc4)C3=O)n(C)c2c1. The number of hydrogen-bond donors (Lipinski definition) is 0. The number of para-hydroxylation sites is 1. The van der Waals surface area contributed by atoms with Crippen LogP contribution in [0.4, 0.5) is 10.5 Å². The number of hydrogen-bond acceptors (Lipinski definition) is 5. The normalized spacial score (nSPS) is 16.8.